The average Bonchev–Trinajstić information content (AvgIpc) is 2.17. The minimum absolute atomic E-state index is 0.437. The Morgan fingerprint density at radius 1 is 1.27 bits per heavy atom. The highest BCUT2D eigenvalue weighted by Gasteiger charge is 2.32. The lowest BCUT2D eigenvalue weighted by Crippen LogP contribution is -2.25. The fourth-order valence-corrected chi connectivity index (χ4v) is 2.89. The van der Waals surface area contributed by atoms with Crippen LogP contribution in [0.25, 0.3) is 0 Å². The lowest BCUT2D eigenvalue weighted by molar-refractivity contribution is 0.200. The Morgan fingerprint density at radius 3 is 2.73 bits per heavy atom. The third-order valence-electron chi connectivity index (χ3n) is 3.82. The Morgan fingerprint density at radius 2 is 2.07 bits per heavy atom. The topological polar surface area (TPSA) is 26.0 Å². The Labute approximate surface area is 92.7 Å². The summed E-state index contributed by atoms with van der Waals surface area (Å²) in [6, 6.07) is 8.43. The van der Waals surface area contributed by atoms with E-state index in [9.17, 15) is 0 Å². The molecule has 1 fully saturated rings. The van der Waals surface area contributed by atoms with Crippen molar-refractivity contribution < 1.29 is 0 Å². The SMILES string of the molecule is CC1(C)CCCCC1c1cccc(N)c1. The summed E-state index contributed by atoms with van der Waals surface area (Å²) in [5.74, 6) is 0.690. The van der Waals surface area contributed by atoms with E-state index in [4.69, 9.17) is 5.73 Å². The van der Waals surface area contributed by atoms with Crippen LogP contribution in [0.2, 0.25) is 0 Å². The molecule has 2 rings (SSSR count). The normalized spacial score (nSPS) is 25.1. The van der Waals surface area contributed by atoms with Crippen LogP contribution in [-0.4, -0.2) is 0 Å². The van der Waals surface area contributed by atoms with Gasteiger partial charge < -0.3 is 5.73 Å². The van der Waals surface area contributed by atoms with Gasteiger partial charge in [-0.15, -0.1) is 0 Å². The molecule has 1 atom stereocenters. The van der Waals surface area contributed by atoms with Gasteiger partial charge >= 0.3 is 0 Å². The maximum absolute atomic E-state index is 5.85. The van der Waals surface area contributed by atoms with Crippen LogP contribution < -0.4 is 5.73 Å². The molecule has 1 heteroatoms. The van der Waals surface area contributed by atoms with Gasteiger partial charge in [0.1, 0.15) is 0 Å². The maximum atomic E-state index is 5.85. The van der Waals surface area contributed by atoms with E-state index in [-0.39, 0.29) is 0 Å². The number of rotatable bonds is 1. The molecule has 0 aromatic heterocycles. The molecule has 2 N–H and O–H groups in total. The predicted molar refractivity (Wildman–Crippen MR) is 65.8 cm³/mol. The summed E-state index contributed by atoms with van der Waals surface area (Å²) in [5.41, 5.74) is 8.62. The molecule has 0 radical (unpaired) electrons. The van der Waals surface area contributed by atoms with Crippen LogP contribution in [-0.2, 0) is 0 Å². The van der Waals surface area contributed by atoms with E-state index in [1.165, 1.54) is 31.2 Å². The van der Waals surface area contributed by atoms with E-state index >= 15 is 0 Å². The summed E-state index contributed by atoms with van der Waals surface area (Å²) >= 11 is 0. The van der Waals surface area contributed by atoms with Gasteiger partial charge in [0, 0.05) is 5.69 Å². The fourth-order valence-electron chi connectivity index (χ4n) is 2.89. The third kappa shape index (κ3) is 2.17. The first-order valence-corrected chi connectivity index (χ1v) is 5.95. The lowest BCUT2D eigenvalue weighted by atomic mass is 9.66. The van der Waals surface area contributed by atoms with Gasteiger partial charge in [0.25, 0.3) is 0 Å². The first-order chi connectivity index (χ1) is 7.09. The Hall–Kier alpha value is -0.980. The van der Waals surface area contributed by atoms with Crippen molar-refractivity contribution in [3.05, 3.63) is 29.8 Å². The van der Waals surface area contributed by atoms with Crippen LogP contribution in [0, 0.1) is 5.41 Å². The fraction of sp³-hybridized carbons (Fsp3) is 0.571. The van der Waals surface area contributed by atoms with Crippen molar-refractivity contribution in [2.75, 3.05) is 5.73 Å². The van der Waals surface area contributed by atoms with Crippen molar-refractivity contribution in [1.82, 2.24) is 0 Å². The highest BCUT2D eigenvalue weighted by Crippen LogP contribution is 2.46. The average molecular weight is 203 g/mol. The van der Waals surface area contributed by atoms with E-state index in [0.29, 0.717) is 11.3 Å². The quantitative estimate of drug-likeness (QED) is 0.687. The van der Waals surface area contributed by atoms with Crippen molar-refractivity contribution >= 4 is 5.69 Å². The highest BCUT2D eigenvalue weighted by molar-refractivity contribution is 5.42. The minimum Gasteiger partial charge on any atom is -0.399 e. The van der Waals surface area contributed by atoms with Crippen LogP contribution in [0.3, 0.4) is 0 Å². The predicted octanol–water partition coefficient (Wildman–Crippen LogP) is 3.95. The summed E-state index contributed by atoms with van der Waals surface area (Å²) in [5, 5.41) is 0. The molecule has 1 saturated carbocycles. The molecule has 0 bridgehead atoms. The lowest BCUT2D eigenvalue weighted by Gasteiger charge is -2.39. The summed E-state index contributed by atoms with van der Waals surface area (Å²) in [7, 11) is 0. The van der Waals surface area contributed by atoms with E-state index in [2.05, 4.69) is 32.0 Å². The monoisotopic (exact) mass is 203 g/mol. The van der Waals surface area contributed by atoms with Crippen LogP contribution in [0.15, 0.2) is 24.3 Å². The molecular weight excluding hydrogens is 182 g/mol. The number of benzene rings is 1. The van der Waals surface area contributed by atoms with E-state index in [1.807, 2.05) is 6.07 Å². The molecule has 1 aromatic carbocycles. The zero-order valence-corrected chi connectivity index (χ0v) is 9.79. The summed E-state index contributed by atoms with van der Waals surface area (Å²) < 4.78 is 0. The standard InChI is InChI=1S/C14H21N/c1-14(2)9-4-3-8-13(14)11-6-5-7-12(15)10-11/h5-7,10,13H,3-4,8-9,15H2,1-2H3. The van der Waals surface area contributed by atoms with Crippen molar-refractivity contribution in [3.8, 4) is 0 Å². The molecule has 82 valence electrons. The first kappa shape index (κ1) is 10.5. The highest BCUT2D eigenvalue weighted by atomic mass is 14.5. The molecule has 0 amide bonds. The van der Waals surface area contributed by atoms with Crippen LogP contribution in [0.5, 0.6) is 0 Å². The molecule has 0 heterocycles. The number of nitrogens with two attached hydrogens (primary N) is 1. The Balaban J connectivity index is 2.29. The Bertz CT molecular complexity index is 341. The van der Waals surface area contributed by atoms with Gasteiger partial charge in [0.15, 0.2) is 0 Å². The van der Waals surface area contributed by atoms with Crippen LogP contribution in [0.1, 0.15) is 51.0 Å². The van der Waals surface area contributed by atoms with Crippen LogP contribution in [0.4, 0.5) is 5.69 Å². The van der Waals surface area contributed by atoms with Crippen LogP contribution >= 0.6 is 0 Å². The molecule has 1 unspecified atom stereocenters. The summed E-state index contributed by atoms with van der Waals surface area (Å²) in [4.78, 5) is 0. The van der Waals surface area contributed by atoms with Gasteiger partial charge in [-0.2, -0.15) is 0 Å². The molecule has 1 aliphatic rings. The molecule has 1 aromatic rings. The number of hydrogen-bond donors (Lipinski definition) is 1. The molecule has 1 nitrogen and oxygen atoms in total. The van der Waals surface area contributed by atoms with E-state index < -0.39 is 0 Å². The molecule has 0 saturated heterocycles. The number of nitrogen functional groups attached to an aromatic ring is 1. The van der Waals surface area contributed by atoms with Gasteiger partial charge in [-0.25, -0.2) is 0 Å². The summed E-state index contributed by atoms with van der Waals surface area (Å²) in [6.07, 6.45) is 5.40. The summed E-state index contributed by atoms with van der Waals surface area (Å²) in [6.45, 7) is 4.78. The van der Waals surface area contributed by atoms with Gasteiger partial charge in [0.2, 0.25) is 0 Å². The Kier molecular flexibility index (Phi) is 2.72. The smallest absolute Gasteiger partial charge is 0.0316 e. The van der Waals surface area contributed by atoms with Gasteiger partial charge in [-0.3, -0.25) is 0 Å². The van der Waals surface area contributed by atoms with Crippen molar-refractivity contribution in [1.29, 1.82) is 0 Å². The molecule has 15 heavy (non-hydrogen) atoms. The zero-order chi connectivity index (χ0) is 10.9. The zero-order valence-electron chi connectivity index (χ0n) is 9.79. The van der Waals surface area contributed by atoms with Gasteiger partial charge in [0.05, 0.1) is 0 Å². The second-order valence-corrected chi connectivity index (χ2v) is 5.46. The molecule has 0 aliphatic heterocycles. The number of anilines is 1. The molecular formula is C14H21N. The van der Waals surface area contributed by atoms with E-state index in [1.54, 1.807) is 0 Å². The second-order valence-electron chi connectivity index (χ2n) is 5.46. The van der Waals surface area contributed by atoms with E-state index in [0.717, 1.165) is 5.69 Å². The number of hydrogen-bond acceptors (Lipinski definition) is 1. The van der Waals surface area contributed by atoms with Gasteiger partial charge in [-0.05, 0) is 41.9 Å². The third-order valence-corrected chi connectivity index (χ3v) is 3.82. The van der Waals surface area contributed by atoms with Crippen molar-refractivity contribution in [3.63, 3.8) is 0 Å². The molecule has 1 aliphatic carbocycles. The minimum atomic E-state index is 0.437. The second kappa shape index (κ2) is 3.88. The molecule has 0 spiro atoms. The van der Waals surface area contributed by atoms with Gasteiger partial charge in [-0.1, -0.05) is 38.8 Å². The van der Waals surface area contributed by atoms with Crippen molar-refractivity contribution in [2.45, 2.75) is 45.4 Å². The maximum Gasteiger partial charge on any atom is 0.0316 e. The first-order valence-electron chi connectivity index (χ1n) is 5.95. The van der Waals surface area contributed by atoms with Crippen molar-refractivity contribution in [2.24, 2.45) is 5.41 Å². The largest absolute Gasteiger partial charge is 0.399 e.